The maximum absolute atomic E-state index is 5.62. The summed E-state index contributed by atoms with van der Waals surface area (Å²) in [6, 6.07) is 31.0. The van der Waals surface area contributed by atoms with Gasteiger partial charge in [0.15, 0.2) is 27.7 Å². The van der Waals surface area contributed by atoms with Gasteiger partial charge in [0.25, 0.3) is 0 Å². The van der Waals surface area contributed by atoms with Gasteiger partial charge in [-0.25, -0.2) is 0 Å². The number of allylic oxidation sites excluding steroid dienone is 2. The number of ether oxygens (including phenoxy) is 2. The van der Waals surface area contributed by atoms with Crippen molar-refractivity contribution in [1.82, 2.24) is 0 Å². The Balaban J connectivity index is 1.43. The van der Waals surface area contributed by atoms with E-state index in [4.69, 9.17) is 9.47 Å². The molecule has 37 heavy (non-hydrogen) atoms. The highest BCUT2D eigenvalue weighted by atomic mass is 79.9. The van der Waals surface area contributed by atoms with Gasteiger partial charge < -0.3 is 9.47 Å². The standard InChI is InChI=1S/C33H43BrO2P/c1-3-35-33(36-4-2)24-18-10-8-6-5-7-9-13-19-29-25-27-32(28-26-29)37(34,30-20-14-11-15-21-30)31-22-16-12-17-23-31/h5,7,11-12,14-17,20-23,25-28,33H,3-4,6,8-10,13,18-19,24H2,1-2H3/q+1/b7-5-. The molecule has 4 heteroatoms. The van der Waals surface area contributed by atoms with Crippen molar-refractivity contribution in [3.8, 4) is 0 Å². The number of benzene rings is 3. The summed E-state index contributed by atoms with van der Waals surface area (Å²) in [6.07, 6.45) is 13.9. The van der Waals surface area contributed by atoms with Crippen LogP contribution in [0.1, 0.15) is 64.4 Å². The molecule has 0 fully saturated rings. The predicted octanol–water partition coefficient (Wildman–Crippen LogP) is 8.52. The lowest BCUT2D eigenvalue weighted by Gasteiger charge is -2.20. The SMILES string of the molecule is CCOC(CCCCC/C=C\CCCc1ccc([P+](Br)(c2ccccc2)c2ccccc2)cc1)OCC. The average molecular weight is 583 g/mol. The summed E-state index contributed by atoms with van der Waals surface area (Å²) in [5.41, 5.74) is 1.41. The van der Waals surface area contributed by atoms with E-state index in [0.29, 0.717) is 0 Å². The van der Waals surface area contributed by atoms with Gasteiger partial charge in [-0.2, -0.15) is 0 Å². The molecule has 198 valence electrons. The number of hydrogen-bond acceptors (Lipinski definition) is 2. The number of aryl methyl sites for hydroxylation is 1. The number of hydrogen-bond donors (Lipinski definition) is 0. The van der Waals surface area contributed by atoms with Crippen LogP contribution < -0.4 is 15.9 Å². The summed E-state index contributed by atoms with van der Waals surface area (Å²) in [6.45, 7) is 5.49. The van der Waals surface area contributed by atoms with Crippen LogP contribution in [-0.4, -0.2) is 19.5 Å². The van der Waals surface area contributed by atoms with Crippen molar-refractivity contribution in [3.63, 3.8) is 0 Å². The van der Waals surface area contributed by atoms with E-state index >= 15 is 0 Å². The van der Waals surface area contributed by atoms with Gasteiger partial charge in [-0.15, -0.1) is 0 Å². The van der Waals surface area contributed by atoms with Crippen molar-refractivity contribution in [2.24, 2.45) is 0 Å². The first-order valence-corrected chi connectivity index (χ1v) is 17.7. The minimum absolute atomic E-state index is 0.0240. The van der Waals surface area contributed by atoms with Crippen LogP contribution in [-0.2, 0) is 15.9 Å². The van der Waals surface area contributed by atoms with E-state index in [0.717, 1.165) is 32.5 Å². The molecule has 0 aliphatic rings. The third kappa shape index (κ3) is 9.48. The molecule has 0 spiro atoms. The largest absolute Gasteiger partial charge is 0.353 e. The molecule has 3 aromatic rings. The van der Waals surface area contributed by atoms with Crippen LogP contribution in [0.25, 0.3) is 0 Å². The molecule has 0 radical (unpaired) electrons. The molecule has 0 unspecified atom stereocenters. The first-order valence-electron chi connectivity index (χ1n) is 13.9. The minimum Gasteiger partial charge on any atom is -0.353 e. The highest BCUT2D eigenvalue weighted by Crippen LogP contribution is 2.62. The molecule has 0 aliphatic carbocycles. The molecule has 3 rings (SSSR count). The minimum atomic E-state index is -1.82. The molecular formula is C33H43BrO2P+. The van der Waals surface area contributed by atoms with Crippen LogP contribution in [0.2, 0.25) is 0 Å². The van der Waals surface area contributed by atoms with Gasteiger partial charge in [0.05, 0.1) is 0 Å². The van der Waals surface area contributed by atoms with Crippen molar-refractivity contribution in [2.45, 2.75) is 71.5 Å². The van der Waals surface area contributed by atoms with Gasteiger partial charge in [-0.3, -0.25) is 0 Å². The Morgan fingerprint density at radius 2 is 1.16 bits per heavy atom. The van der Waals surface area contributed by atoms with Crippen molar-refractivity contribution < 1.29 is 9.47 Å². The molecule has 0 saturated carbocycles. The Hall–Kier alpha value is -1.77. The third-order valence-electron chi connectivity index (χ3n) is 6.53. The summed E-state index contributed by atoms with van der Waals surface area (Å²) < 4.78 is 11.2. The lowest BCUT2D eigenvalue weighted by molar-refractivity contribution is -0.140. The maximum atomic E-state index is 5.62. The summed E-state index contributed by atoms with van der Waals surface area (Å²) in [5.74, 6) is -1.82. The highest BCUT2D eigenvalue weighted by molar-refractivity contribution is 9.44. The zero-order valence-electron chi connectivity index (χ0n) is 22.5. The van der Waals surface area contributed by atoms with Gasteiger partial charge >= 0.3 is 0 Å². The smallest absolute Gasteiger partial charge is 0.181 e. The van der Waals surface area contributed by atoms with Gasteiger partial charge in [-0.05, 0) is 101 Å². The first-order chi connectivity index (χ1) is 18.2. The molecule has 0 aliphatic heterocycles. The fourth-order valence-corrected chi connectivity index (χ4v) is 9.33. The Labute approximate surface area is 233 Å². The van der Waals surface area contributed by atoms with Crippen molar-refractivity contribution in [1.29, 1.82) is 0 Å². The summed E-state index contributed by atoms with van der Waals surface area (Å²) >= 11 is 4.25. The van der Waals surface area contributed by atoms with E-state index in [9.17, 15) is 0 Å². The van der Waals surface area contributed by atoms with E-state index in [2.05, 4.69) is 113 Å². The molecule has 0 saturated heterocycles. The summed E-state index contributed by atoms with van der Waals surface area (Å²) in [4.78, 5) is 0. The fourth-order valence-electron chi connectivity index (χ4n) is 4.58. The highest BCUT2D eigenvalue weighted by Gasteiger charge is 2.43. The summed E-state index contributed by atoms with van der Waals surface area (Å²) in [5, 5.41) is 4.06. The van der Waals surface area contributed by atoms with Gasteiger partial charge in [0.1, 0.15) is 15.9 Å². The van der Waals surface area contributed by atoms with Crippen LogP contribution in [0.5, 0.6) is 0 Å². The number of unbranched alkanes of at least 4 members (excludes halogenated alkanes) is 4. The second-order valence-electron chi connectivity index (χ2n) is 9.27. The monoisotopic (exact) mass is 581 g/mol. The topological polar surface area (TPSA) is 18.5 Å². The van der Waals surface area contributed by atoms with Crippen molar-refractivity contribution >= 4 is 37.4 Å². The number of halogens is 1. The molecule has 0 atom stereocenters. The van der Waals surface area contributed by atoms with E-state index < -0.39 is 5.96 Å². The van der Waals surface area contributed by atoms with Crippen LogP contribution in [0.3, 0.4) is 0 Å². The van der Waals surface area contributed by atoms with Gasteiger partial charge in [0, 0.05) is 13.2 Å². The zero-order valence-corrected chi connectivity index (χ0v) is 25.0. The fraction of sp³-hybridized carbons (Fsp3) is 0.394. The van der Waals surface area contributed by atoms with Gasteiger partial charge in [-0.1, -0.05) is 67.1 Å². The van der Waals surface area contributed by atoms with Gasteiger partial charge in [0.2, 0.25) is 0 Å². The predicted molar refractivity (Wildman–Crippen MR) is 166 cm³/mol. The molecular weight excluding hydrogens is 539 g/mol. The van der Waals surface area contributed by atoms with Crippen LogP contribution >= 0.6 is 21.5 Å². The Morgan fingerprint density at radius 3 is 1.70 bits per heavy atom. The van der Waals surface area contributed by atoms with E-state index in [1.165, 1.54) is 53.6 Å². The molecule has 0 heterocycles. The van der Waals surface area contributed by atoms with E-state index in [1.807, 2.05) is 13.8 Å². The lowest BCUT2D eigenvalue weighted by atomic mass is 10.1. The van der Waals surface area contributed by atoms with Crippen LogP contribution in [0.4, 0.5) is 0 Å². The molecule has 3 aromatic carbocycles. The second kappa shape index (κ2) is 16.9. The molecule has 0 N–H and O–H groups in total. The lowest BCUT2D eigenvalue weighted by Crippen LogP contribution is -2.26. The second-order valence-corrected chi connectivity index (χ2v) is 15.2. The van der Waals surface area contributed by atoms with Crippen molar-refractivity contribution in [3.05, 3.63) is 103 Å². The third-order valence-corrected chi connectivity index (χ3v) is 13.2. The van der Waals surface area contributed by atoms with E-state index in [-0.39, 0.29) is 6.29 Å². The zero-order chi connectivity index (χ0) is 26.2. The summed E-state index contributed by atoms with van der Waals surface area (Å²) in [7, 11) is 0. The van der Waals surface area contributed by atoms with Crippen molar-refractivity contribution in [2.75, 3.05) is 13.2 Å². The van der Waals surface area contributed by atoms with Crippen LogP contribution in [0.15, 0.2) is 97.1 Å². The average Bonchev–Trinajstić information content (AvgIpc) is 2.95. The Bertz CT molecular complexity index is 976. The Kier molecular flexibility index (Phi) is 13.6. The maximum Gasteiger partial charge on any atom is 0.181 e. The Morgan fingerprint density at radius 1 is 0.649 bits per heavy atom. The first kappa shape index (κ1) is 29.8. The normalized spacial score (nSPS) is 12.0. The van der Waals surface area contributed by atoms with Crippen LogP contribution in [0, 0.1) is 0 Å². The molecule has 2 nitrogen and oxygen atoms in total. The molecule has 0 aromatic heterocycles. The molecule has 0 amide bonds. The quantitative estimate of drug-likeness (QED) is 0.0688. The number of rotatable bonds is 17. The molecule has 0 bridgehead atoms. The van der Waals surface area contributed by atoms with E-state index in [1.54, 1.807) is 0 Å².